The van der Waals surface area contributed by atoms with E-state index in [1.54, 1.807) is 0 Å². The van der Waals surface area contributed by atoms with Crippen molar-refractivity contribution in [2.75, 3.05) is 19.6 Å². The molecule has 1 saturated heterocycles. The summed E-state index contributed by atoms with van der Waals surface area (Å²) in [6.45, 7) is 6.39. The van der Waals surface area contributed by atoms with Gasteiger partial charge in [-0.3, -0.25) is 4.79 Å². The normalized spacial score (nSPS) is 25.1. The summed E-state index contributed by atoms with van der Waals surface area (Å²) in [5, 5.41) is 9.33. The summed E-state index contributed by atoms with van der Waals surface area (Å²) >= 11 is 0. The number of carboxylic acids is 1. The van der Waals surface area contributed by atoms with Crippen LogP contribution in [0.4, 0.5) is 0 Å². The summed E-state index contributed by atoms with van der Waals surface area (Å²) in [6, 6.07) is 0. The van der Waals surface area contributed by atoms with Gasteiger partial charge in [0.15, 0.2) is 0 Å². The van der Waals surface area contributed by atoms with Crippen molar-refractivity contribution in [3.8, 4) is 11.8 Å². The van der Waals surface area contributed by atoms with Crippen molar-refractivity contribution in [3.05, 3.63) is 0 Å². The summed E-state index contributed by atoms with van der Waals surface area (Å²) in [6.07, 6.45) is 3.36. The van der Waals surface area contributed by atoms with Crippen LogP contribution >= 0.6 is 0 Å². The highest BCUT2D eigenvalue weighted by Crippen LogP contribution is 2.35. The molecule has 0 bridgehead atoms. The second-order valence-corrected chi connectivity index (χ2v) is 4.54. The first-order valence-electron chi connectivity index (χ1n) is 6.00. The van der Waals surface area contributed by atoms with E-state index in [0.717, 1.165) is 38.8 Å². The molecule has 3 heteroatoms. The fraction of sp³-hybridized carbons (Fsp3) is 0.769. The van der Waals surface area contributed by atoms with Crippen LogP contribution < -0.4 is 0 Å². The largest absolute Gasteiger partial charge is 0.481 e. The van der Waals surface area contributed by atoms with Gasteiger partial charge in [-0.05, 0) is 26.3 Å². The summed E-state index contributed by atoms with van der Waals surface area (Å²) in [7, 11) is 0. The average Bonchev–Trinajstić information content (AvgIpc) is 2.64. The third kappa shape index (κ3) is 2.99. The maximum Gasteiger partial charge on any atom is 0.310 e. The van der Waals surface area contributed by atoms with E-state index in [4.69, 9.17) is 0 Å². The molecule has 0 saturated carbocycles. The Bertz CT molecular complexity index is 303. The highest BCUT2D eigenvalue weighted by atomic mass is 16.4. The monoisotopic (exact) mass is 223 g/mol. The Morgan fingerprint density at radius 3 is 2.88 bits per heavy atom. The molecular formula is C13H21NO2. The van der Waals surface area contributed by atoms with E-state index in [2.05, 4.69) is 23.7 Å². The molecule has 1 atom stereocenters. The molecular weight excluding hydrogens is 202 g/mol. The van der Waals surface area contributed by atoms with Crippen molar-refractivity contribution in [2.45, 2.75) is 39.5 Å². The fourth-order valence-electron chi connectivity index (χ4n) is 2.45. The zero-order valence-electron chi connectivity index (χ0n) is 10.3. The van der Waals surface area contributed by atoms with Crippen molar-refractivity contribution in [1.29, 1.82) is 0 Å². The number of hydrogen-bond acceptors (Lipinski definition) is 2. The van der Waals surface area contributed by atoms with Crippen LogP contribution in [0.25, 0.3) is 0 Å². The lowest BCUT2D eigenvalue weighted by Gasteiger charge is -2.23. The van der Waals surface area contributed by atoms with Crippen LogP contribution in [-0.2, 0) is 4.79 Å². The molecule has 0 amide bonds. The molecule has 90 valence electrons. The topological polar surface area (TPSA) is 40.5 Å². The van der Waals surface area contributed by atoms with E-state index in [1.165, 1.54) is 0 Å². The van der Waals surface area contributed by atoms with Gasteiger partial charge in [-0.2, -0.15) is 0 Å². The maximum absolute atomic E-state index is 11.3. The lowest BCUT2D eigenvalue weighted by atomic mass is 9.83. The standard InChI is InChI=1S/C13H21NO2/c1-3-5-6-9-14-10-8-13(11-14,7-4-2)12(15)16/h4,6-11H2,1-2H3,(H,15,16). The average molecular weight is 223 g/mol. The molecule has 1 heterocycles. The molecule has 1 unspecified atom stereocenters. The minimum absolute atomic E-state index is 0.492. The molecule has 0 aromatic heterocycles. The van der Waals surface area contributed by atoms with E-state index >= 15 is 0 Å². The number of hydrogen-bond donors (Lipinski definition) is 1. The van der Waals surface area contributed by atoms with Crippen LogP contribution in [0.2, 0.25) is 0 Å². The number of rotatable bonds is 5. The third-order valence-corrected chi connectivity index (χ3v) is 3.34. The van der Waals surface area contributed by atoms with Gasteiger partial charge in [0.2, 0.25) is 0 Å². The maximum atomic E-state index is 11.3. The lowest BCUT2D eigenvalue weighted by Crippen LogP contribution is -2.34. The van der Waals surface area contributed by atoms with Crippen LogP contribution in [0.1, 0.15) is 39.5 Å². The van der Waals surface area contributed by atoms with Crippen molar-refractivity contribution < 1.29 is 9.90 Å². The van der Waals surface area contributed by atoms with Gasteiger partial charge in [0.1, 0.15) is 0 Å². The second-order valence-electron chi connectivity index (χ2n) is 4.54. The van der Waals surface area contributed by atoms with E-state index in [1.807, 2.05) is 6.92 Å². The lowest BCUT2D eigenvalue weighted by molar-refractivity contribution is -0.148. The van der Waals surface area contributed by atoms with Gasteiger partial charge in [0.25, 0.3) is 0 Å². The fourth-order valence-corrected chi connectivity index (χ4v) is 2.45. The minimum Gasteiger partial charge on any atom is -0.481 e. The van der Waals surface area contributed by atoms with Crippen molar-refractivity contribution in [1.82, 2.24) is 4.90 Å². The quantitative estimate of drug-likeness (QED) is 0.724. The molecule has 1 N–H and O–H groups in total. The van der Waals surface area contributed by atoms with Gasteiger partial charge in [-0.25, -0.2) is 0 Å². The summed E-state index contributed by atoms with van der Waals surface area (Å²) < 4.78 is 0. The Morgan fingerprint density at radius 2 is 2.31 bits per heavy atom. The van der Waals surface area contributed by atoms with Gasteiger partial charge in [0, 0.05) is 19.5 Å². The molecule has 0 spiro atoms. The van der Waals surface area contributed by atoms with Crippen molar-refractivity contribution in [3.63, 3.8) is 0 Å². The molecule has 16 heavy (non-hydrogen) atoms. The molecule has 1 aliphatic heterocycles. The summed E-state index contributed by atoms with van der Waals surface area (Å²) in [4.78, 5) is 13.6. The summed E-state index contributed by atoms with van der Waals surface area (Å²) in [5.41, 5.74) is -0.492. The van der Waals surface area contributed by atoms with Crippen LogP contribution in [-0.4, -0.2) is 35.6 Å². The van der Waals surface area contributed by atoms with E-state index < -0.39 is 11.4 Å². The molecule has 0 aliphatic carbocycles. The van der Waals surface area contributed by atoms with Crippen LogP contribution in [0.3, 0.4) is 0 Å². The number of carbonyl (C=O) groups is 1. The Labute approximate surface area is 97.8 Å². The summed E-state index contributed by atoms with van der Waals surface area (Å²) in [5.74, 6) is 5.27. The highest BCUT2D eigenvalue weighted by Gasteiger charge is 2.43. The molecule has 1 aliphatic rings. The molecule has 0 radical (unpaired) electrons. The Kier molecular flexibility index (Phi) is 4.82. The SMILES string of the molecule is CC#CCCN1CCC(CCC)(C(=O)O)C1. The molecule has 1 fully saturated rings. The van der Waals surface area contributed by atoms with Gasteiger partial charge in [-0.15, -0.1) is 11.8 Å². The van der Waals surface area contributed by atoms with E-state index in [9.17, 15) is 9.90 Å². The zero-order chi connectivity index (χ0) is 12.0. The molecule has 0 aromatic rings. The van der Waals surface area contributed by atoms with Crippen molar-refractivity contribution in [2.24, 2.45) is 5.41 Å². The van der Waals surface area contributed by atoms with Gasteiger partial charge >= 0.3 is 5.97 Å². The highest BCUT2D eigenvalue weighted by molar-refractivity contribution is 5.75. The van der Waals surface area contributed by atoms with E-state index in [-0.39, 0.29) is 0 Å². The predicted octanol–water partition coefficient (Wildman–Crippen LogP) is 1.98. The molecule has 0 aromatic carbocycles. The van der Waals surface area contributed by atoms with Crippen LogP contribution in [0, 0.1) is 17.3 Å². The number of nitrogens with zero attached hydrogens (tertiary/aromatic N) is 1. The van der Waals surface area contributed by atoms with Gasteiger partial charge < -0.3 is 10.0 Å². The smallest absolute Gasteiger partial charge is 0.310 e. The van der Waals surface area contributed by atoms with Gasteiger partial charge in [-0.1, -0.05) is 13.3 Å². The number of carboxylic acid groups (broad SMARTS) is 1. The number of likely N-dealkylation sites (tertiary alicyclic amines) is 1. The van der Waals surface area contributed by atoms with E-state index in [0.29, 0.717) is 6.54 Å². The van der Waals surface area contributed by atoms with Crippen LogP contribution in [0.15, 0.2) is 0 Å². The van der Waals surface area contributed by atoms with Crippen molar-refractivity contribution >= 4 is 5.97 Å². The predicted molar refractivity (Wildman–Crippen MR) is 64.1 cm³/mol. The number of aliphatic carboxylic acids is 1. The van der Waals surface area contributed by atoms with Crippen LogP contribution in [0.5, 0.6) is 0 Å². The Balaban J connectivity index is 2.52. The zero-order valence-corrected chi connectivity index (χ0v) is 10.3. The first-order valence-corrected chi connectivity index (χ1v) is 6.00. The Hall–Kier alpha value is -1.01. The molecule has 1 rings (SSSR count). The third-order valence-electron chi connectivity index (χ3n) is 3.34. The minimum atomic E-state index is -0.626. The molecule has 3 nitrogen and oxygen atoms in total. The van der Waals surface area contributed by atoms with Gasteiger partial charge in [0.05, 0.1) is 5.41 Å². The second kappa shape index (κ2) is 5.91. The first-order chi connectivity index (χ1) is 7.64. The first kappa shape index (κ1) is 13.1. The Morgan fingerprint density at radius 1 is 1.56 bits per heavy atom.